The third-order valence-electron chi connectivity index (χ3n) is 5.85. The second-order valence-corrected chi connectivity index (χ2v) is 9.58. The van der Waals surface area contributed by atoms with E-state index in [1.54, 1.807) is 6.20 Å². The molecule has 33 heavy (non-hydrogen) atoms. The number of benzene rings is 2. The van der Waals surface area contributed by atoms with E-state index in [-0.39, 0.29) is 11.2 Å². The van der Waals surface area contributed by atoms with Crippen molar-refractivity contribution < 1.29 is 4.79 Å². The molecule has 0 aliphatic carbocycles. The van der Waals surface area contributed by atoms with Crippen molar-refractivity contribution in [1.82, 2.24) is 19.7 Å². The van der Waals surface area contributed by atoms with Gasteiger partial charge in [-0.2, -0.15) is 0 Å². The average Bonchev–Trinajstić information content (AvgIpc) is 3.50. The number of aryl methyl sites for hydroxylation is 1. The summed E-state index contributed by atoms with van der Waals surface area (Å²) in [7, 11) is 0. The molecule has 4 aromatic rings. The third-order valence-corrected chi connectivity index (χ3v) is 6.89. The fourth-order valence-corrected chi connectivity index (χ4v) is 4.90. The van der Waals surface area contributed by atoms with Gasteiger partial charge in [0.15, 0.2) is 5.16 Å². The molecular weight excluding hydrogens is 432 g/mol. The number of aromatic nitrogens is 4. The van der Waals surface area contributed by atoms with Crippen LogP contribution in [-0.2, 0) is 4.79 Å². The summed E-state index contributed by atoms with van der Waals surface area (Å²) >= 11 is 1.42. The molecule has 1 atom stereocenters. The Balaban J connectivity index is 1.41. The number of nitrogens with zero attached hydrogens (tertiary/aromatic N) is 5. The van der Waals surface area contributed by atoms with Crippen molar-refractivity contribution in [1.29, 1.82) is 0 Å². The van der Waals surface area contributed by atoms with Crippen molar-refractivity contribution in [2.24, 2.45) is 0 Å². The van der Waals surface area contributed by atoms with Crippen LogP contribution in [0.25, 0.3) is 16.6 Å². The summed E-state index contributed by atoms with van der Waals surface area (Å²) in [5, 5.41) is 13.3. The second-order valence-electron chi connectivity index (χ2n) is 8.27. The van der Waals surface area contributed by atoms with Gasteiger partial charge < -0.3 is 10.2 Å². The van der Waals surface area contributed by atoms with Crippen molar-refractivity contribution >= 4 is 40.2 Å². The molecule has 2 aromatic carbocycles. The number of anilines is 2. The minimum Gasteiger partial charge on any atom is -0.341 e. The van der Waals surface area contributed by atoms with Gasteiger partial charge in [0.1, 0.15) is 0 Å². The molecular formula is C25H26N6OS. The molecule has 3 heterocycles. The predicted octanol–water partition coefficient (Wildman–Crippen LogP) is 4.84. The van der Waals surface area contributed by atoms with E-state index in [1.807, 2.05) is 37.3 Å². The first-order valence-electron chi connectivity index (χ1n) is 11.2. The van der Waals surface area contributed by atoms with Gasteiger partial charge in [0.2, 0.25) is 11.9 Å². The van der Waals surface area contributed by atoms with Crippen molar-refractivity contribution in [2.45, 2.75) is 37.1 Å². The SMILES string of the molecule is Cc1ccc(-n2c(SC(C)C(=O)Nc3cccc4ncccc34)nnc2N2CCCC2)cc1. The smallest absolute Gasteiger partial charge is 0.237 e. The normalized spacial score (nSPS) is 14.5. The first-order chi connectivity index (χ1) is 16.1. The summed E-state index contributed by atoms with van der Waals surface area (Å²) in [6.07, 6.45) is 4.06. The van der Waals surface area contributed by atoms with Gasteiger partial charge in [-0.3, -0.25) is 14.3 Å². The van der Waals surface area contributed by atoms with Gasteiger partial charge in [-0.15, -0.1) is 10.2 Å². The number of carbonyl (C=O) groups is 1. The van der Waals surface area contributed by atoms with E-state index >= 15 is 0 Å². The van der Waals surface area contributed by atoms with E-state index in [4.69, 9.17) is 0 Å². The number of carbonyl (C=O) groups excluding carboxylic acids is 1. The first kappa shape index (κ1) is 21.5. The van der Waals surface area contributed by atoms with Gasteiger partial charge in [0, 0.05) is 24.7 Å². The van der Waals surface area contributed by atoms with Crippen LogP contribution >= 0.6 is 11.8 Å². The quantitative estimate of drug-likeness (QED) is 0.417. The van der Waals surface area contributed by atoms with Crippen LogP contribution in [0.2, 0.25) is 0 Å². The highest BCUT2D eigenvalue weighted by molar-refractivity contribution is 8.00. The van der Waals surface area contributed by atoms with Crippen LogP contribution in [0.1, 0.15) is 25.3 Å². The minimum absolute atomic E-state index is 0.0856. The van der Waals surface area contributed by atoms with Crippen molar-refractivity contribution in [2.75, 3.05) is 23.3 Å². The summed E-state index contributed by atoms with van der Waals surface area (Å²) in [6, 6.07) is 17.9. The number of thioether (sulfide) groups is 1. The molecule has 1 aliphatic heterocycles. The maximum absolute atomic E-state index is 13.1. The molecule has 7 nitrogen and oxygen atoms in total. The van der Waals surface area contributed by atoms with Crippen molar-refractivity contribution in [3.63, 3.8) is 0 Å². The number of hydrogen-bond acceptors (Lipinski definition) is 6. The fourth-order valence-electron chi connectivity index (χ4n) is 4.04. The number of rotatable bonds is 6. The molecule has 2 aromatic heterocycles. The van der Waals surface area contributed by atoms with E-state index in [0.29, 0.717) is 5.16 Å². The Hall–Kier alpha value is -3.39. The van der Waals surface area contributed by atoms with Crippen LogP contribution in [0.3, 0.4) is 0 Å². The monoisotopic (exact) mass is 458 g/mol. The molecule has 0 radical (unpaired) electrons. The maximum Gasteiger partial charge on any atom is 0.237 e. The van der Waals surface area contributed by atoms with Crippen LogP contribution in [0, 0.1) is 6.92 Å². The van der Waals surface area contributed by atoms with Gasteiger partial charge >= 0.3 is 0 Å². The maximum atomic E-state index is 13.1. The van der Waals surface area contributed by atoms with Gasteiger partial charge in [-0.05, 0) is 63.1 Å². The van der Waals surface area contributed by atoms with E-state index in [1.165, 1.54) is 17.3 Å². The molecule has 1 unspecified atom stereocenters. The van der Waals surface area contributed by atoms with Crippen molar-refractivity contribution in [3.05, 3.63) is 66.4 Å². The Labute approximate surface area is 197 Å². The summed E-state index contributed by atoms with van der Waals surface area (Å²) in [4.78, 5) is 19.7. The van der Waals surface area contributed by atoms with Crippen molar-refractivity contribution in [3.8, 4) is 5.69 Å². The standard InChI is InChI=1S/C25H26N6OS/c1-17-10-12-19(13-11-17)31-24(30-15-3-4-16-30)28-29-25(31)33-18(2)23(32)27-22-9-5-8-21-20(22)7-6-14-26-21/h5-14,18H,3-4,15-16H2,1-2H3,(H,27,32). The first-order valence-corrected chi connectivity index (χ1v) is 12.1. The molecule has 1 amide bonds. The lowest BCUT2D eigenvalue weighted by molar-refractivity contribution is -0.115. The third kappa shape index (κ3) is 4.43. The minimum atomic E-state index is -0.364. The summed E-state index contributed by atoms with van der Waals surface area (Å²) in [6.45, 7) is 5.91. The van der Waals surface area contributed by atoms with Crippen LogP contribution in [-0.4, -0.2) is 44.0 Å². The van der Waals surface area contributed by atoms with Gasteiger partial charge in [0.05, 0.1) is 22.1 Å². The zero-order chi connectivity index (χ0) is 22.8. The van der Waals surface area contributed by atoms with E-state index in [2.05, 4.69) is 61.2 Å². The van der Waals surface area contributed by atoms with Gasteiger partial charge in [-0.1, -0.05) is 35.5 Å². The van der Waals surface area contributed by atoms with E-state index in [0.717, 1.165) is 54.2 Å². The molecule has 1 N–H and O–H groups in total. The van der Waals surface area contributed by atoms with Crippen LogP contribution in [0.15, 0.2) is 66.0 Å². The molecule has 0 bridgehead atoms. The molecule has 8 heteroatoms. The van der Waals surface area contributed by atoms with Crippen LogP contribution in [0.5, 0.6) is 0 Å². The highest BCUT2D eigenvalue weighted by atomic mass is 32.2. The topological polar surface area (TPSA) is 75.9 Å². The average molecular weight is 459 g/mol. The molecule has 1 aliphatic rings. The lowest BCUT2D eigenvalue weighted by Gasteiger charge is -2.19. The Bertz CT molecular complexity index is 1270. The molecule has 1 saturated heterocycles. The number of hydrogen-bond donors (Lipinski definition) is 1. The summed E-state index contributed by atoms with van der Waals surface area (Å²) < 4.78 is 2.07. The Morgan fingerprint density at radius 3 is 2.61 bits per heavy atom. The molecule has 168 valence electrons. The fraction of sp³-hybridized carbons (Fsp3) is 0.280. The van der Waals surface area contributed by atoms with Crippen LogP contribution in [0.4, 0.5) is 11.6 Å². The predicted molar refractivity (Wildman–Crippen MR) is 133 cm³/mol. The molecule has 1 fully saturated rings. The second kappa shape index (κ2) is 9.23. The lowest BCUT2D eigenvalue weighted by Crippen LogP contribution is -2.24. The number of nitrogens with one attached hydrogen (secondary N) is 1. The number of pyridine rings is 1. The molecule has 0 saturated carbocycles. The largest absolute Gasteiger partial charge is 0.341 e. The molecule has 0 spiro atoms. The van der Waals surface area contributed by atoms with Gasteiger partial charge in [0.25, 0.3) is 0 Å². The Kier molecular flexibility index (Phi) is 6.00. The summed E-state index contributed by atoms with van der Waals surface area (Å²) in [5.74, 6) is 0.754. The highest BCUT2D eigenvalue weighted by Crippen LogP contribution is 2.31. The highest BCUT2D eigenvalue weighted by Gasteiger charge is 2.25. The number of fused-ring (bicyclic) bond motifs is 1. The van der Waals surface area contributed by atoms with Gasteiger partial charge in [-0.25, -0.2) is 0 Å². The molecule has 5 rings (SSSR count). The lowest BCUT2D eigenvalue weighted by atomic mass is 10.2. The summed E-state index contributed by atoms with van der Waals surface area (Å²) in [5.41, 5.74) is 3.81. The zero-order valence-electron chi connectivity index (χ0n) is 18.7. The van der Waals surface area contributed by atoms with Crippen LogP contribution < -0.4 is 10.2 Å². The Morgan fingerprint density at radius 2 is 1.82 bits per heavy atom. The van der Waals surface area contributed by atoms with E-state index < -0.39 is 0 Å². The number of amides is 1. The zero-order valence-corrected chi connectivity index (χ0v) is 19.5. The van der Waals surface area contributed by atoms with E-state index in [9.17, 15) is 4.79 Å². The Morgan fingerprint density at radius 1 is 1.03 bits per heavy atom.